The van der Waals surface area contributed by atoms with Crippen molar-refractivity contribution in [2.45, 2.75) is 41.5 Å². The molecule has 8 heteroatoms. The number of hydrogen-bond acceptors (Lipinski definition) is 3. The summed E-state index contributed by atoms with van der Waals surface area (Å²) in [6.07, 6.45) is 0. The second-order valence-electron chi connectivity index (χ2n) is 6.27. The van der Waals surface area contributed by atoms with Gasteiger partial charge in [-0.25, -0.2) is 0 Å². The van der Waals surface area contributed by atoms with Gasteiger partial charge in [-0.2, -0.15) is 31.7 Å². The summed E-state index contributed by atoms with van der Waals surface area (Å²) in [6.45, 7) is 11.5. The topological polar surface area (TPSA) is 86.0 Å². The van der Waals surface area contributed by atoms with Gasteiger partial charge < -0.3 is 0 Å². The summed E-state index contributed by atoms with van der Waals surface area (Å²) in [5.74, 6) is 0. The third-order valence-corrected chi connectivity index (χ3v) is 4.90. The number of H-pyrrole nitrogens is 3. The number of hydrogen-bond donors (Lipinski definition) is 3. The largest absolute Gasteiger partial charge is 1.00 e. The van der Waals surface area contributed by atoms with Crippen molar-refractivity contribution in [2.75, 3.05) is 0 Å². The fraction of sp³-hybridized carbons (Fsp3) is 0.400. The molecule has 3 rings (SSSR count). The van der Waals surface area contributed by atoms with Gasteiger partial charge in [-0.3, -0.25) is 15.3 Å². The van der Waals surface area contributed by atoms with E-state index in [-0.39, 0.29) is 51.4 Å². The van der Waals surface area contributed by atoms with Crippen LogP contribution in [-0.2, 0) is 0 Å². The number of nitrogens with zero attached hydrogens (tertiary/aromatic N) is 3. The molecule has 3 N–H and O–H groups in total. The van der Waals surface area contributed by atoms with Gasteiger partial charge in [0.2, 0.25) is 0 Å². The Kier molecular flexibility index (Phi) is 5.73. The zero-order valence-electron chi connectivity index (χ0n) is 15.0. The van der Waals surface area contributed by atoms with Gasteiger partial charge in [0, 0.05) is 17.1 Å². The van der Waals surface area contributed by atoms with Crippen LogP contribution >= 0.6 is 0 Å². The van der Waals surface area contributed by atoms with Crippen molar-refractivity contribution in [3.05, 3.63) is 34.2 Å². The second-order valence-corrected chi connectivity index (χ2v) is 6.27. The van der Waals surface area contributed by atoms with Gasteiger partial charge >= 0.3 is 51.4 Å². The number of nitrogens with one attached hydrogen (secondary N) is 3. The van der Waals surface area contributed by atoms with E-state index in [9.17, 15) is 0 Å². The summed E-state index contributed by atoms with van der Waals surface area (Å²) in [6, 6.07) is 0. The van der Waals surface area contributed by atoms with E-state index in [1.165, 1.54) is 16.4 Å². The van der Waals surface area contributed by atoms with Gasteiger partial charge in [0.05, 0.1) is 6.71 Å². The monoisotopic (exact) mass is 336 g/mol. The van der Waals surface area contributed by atoms with E-state index in [1.54, 1.807) is 0 Å². The van der Waals surface area contributed by atoms with Gasteiger partial charge in [0.25, 0.3) is 0 Å². The van der Waals surface area contributed by atoms with Crippen molar-refractivity contribution < 1.29 is 51.4 Å². The van der Waals surface area contributed by atoms with Crippen molar-refractivity contribution in [3.63, 3.8) is 0 Å². The first-order valence-electron chi connectivity index (χ1n) is 7.65. The molecule has 116 valence electrons. The predicted molar refractivity (Wildman–Crippen MR) is 90.2 cm³/mol. The van der Waals surface area contributed by atoms with Crippen molar-refractivity contribution >= 4 is 23.1 Å². The van der Waals surface area contributed by atoms with Crippen LogP contribution in [0.2, 0.25) is 0 Å². The summed E-state index contributed by atoms with van der Waals surface area (Å²) in [5.41, 5.74) is 10.4. The molecule has 0 radical (unpaired) electrons. The third kappa shape index (κ3) is 3.15. The zero-order chi connectivity index (χ0) is 16.0. The molecule has 6 nitrogen and oxygen atoms in total. The Balaban J connectivity index is 0.00000192. The first-order valence-corrected chi connectivity index (χ1v) is 7.65. The average Bonchev–Trinajstić information content (AvgIpc) is 3.08. The maximum absolute atomic E-state index is 4.41. The zero-order valence-corrected chi connectivity index (χ0v) is 18.2. The van der Waals surface area contributed by atoms with Crippen molar-refractivity contribution in [1.82, 2.24) is 30.6 Å². The summed E-state index contributed by atoms with van der Waals surface area (Å²) in [4.78, 5) is 0. The Morgan fingerprint density at radius 1 is 0.565 bits per heavy atom. The number of aryl methyl sites for hydroxylation is 6. The Morgan fingerprint density at radius 2 is 0.826 bits per heavy atom. The molecule has 0 spiro atoms. The van der Waals surface area contributed by atoms with E-state index in [1.807, 2.05) is 0 Å². The molecular weight excluding hydrogens is 314 g/mol. The van der Waals surface area contributed by atoms with Gasteiger partial charge in [-0.1, -0.05) is 0 Å². The van der Waals surface area contributed by atoms with Crippen molar-refractivity contribution in [1.29, 1.82) is 0 Å². The molecule has 3 aromatic heterocycles. The predicted octanol–water partition coefficient (Wildman–Crippen LogP) is -3.04. The minimum Gasteiger partial charge on any atom is -0.286 e. The molecule has 23 heavy (non-hydrogen) atoms. The standard InChI is InChI=1S/C15H22BN6.K/c1-7-13(8(2)18-17-7)16(14-9(3)19-20-10(14)4)15-11(5)21-22-12(15)6;/h16H,1-6H3,(H,17,18)(H,19,20)(H,21,22);/q-1;+1. The van der Waals surface area contributed by atoms with Crippen LogP contribution in [0.25, 0.3) is 0 Å². The van der Waals surface area contributed by atoms with Crippen molar-refractivity contribution in [3.8, 4) is 0 Å². The van der Waals surface area contributed by atoms with Crippen LogP contribution in [0, 0.1) is 41.5 Å². The number of aromatic nitrogens is 6. The van der Waals surface area contributed by atoms with Crippen molar-refractivity contribution in [2.24, 2.45) is 0 Å². The normalized spacial score (nSPS) is 11.1. The van der Waals surface area contributed by atoms with Crippen LogP contribution in [0.15, 0.2) is 0 Å². The summed E-state index contributed by atoms with van der Waals surface area (Å²) in [7, 11) is 0. The summed E-state index contributed by atoms with van der Waals surface area (Å²) in [5, 5.41) is 22.6. The molecule has 0 saturated heterocycles. The van der Waals surface area contributed by atoms with E-state index in [0.29, 0.717) is 0 Å². The second kappa shape index (κ2) is 7.06. The van der Waals surface area contributed by atoms with Gasteiger partial charge in [-0.05, 0) is 58.6 Å². The first kappa shape index (κ1) is 18.7. The smallest absolute Gasteiger partial charge is 0.286 e. The fourth-order valence-electron chi connectivity index (χ4n) is 3.82. The minimum absolute atomic E-state index is 0. The molecule has 0 unspecified atom stereocenters. The van der Waals surface area contributed by atoms with Gasteiger partial charge in [0.1, 0.15) is 0 Å². The number of aromatic amines is 3. The molecule has 0 amide bonds. The van der Waals surface area contributed by atoms with Crippen LogP contribution < -0.4 is 67.8 Å². The Labute approximate surface area is 179 Å². The molecule has 0 aromatic carbocycles. The molecule has 0 aliphatic rings. The van der Waals surface area contributed by atoms with Crippen LogP contribution in [0.3, 0.4) is 0 Å². The molecule has 0 fully saturated rings. The van der Waals surface area contributed by atoms with E-state index in [0.717, 1.165) is 34.2 Å². The Hall–Kier alpha value is -0.669. The van der Waals surface area contributed by atoms with E-state index >= 15 is 0 Å². The van der Waals surface area contributed by atoms with Crippen LogP contribution in [0.4, 0.5) is 0 Å². The summed E-state index contributed by atoms with van der Waals surface area (Å²) >= 11 is 0. The van der Waals surface area contributed by atoms with E-state index < -0.39 is 6.71 Å². The molecule has 3 aromatic rings. The van der Waals surface area contributed by atoms with Crippen LogP contribution in [-0.4, -0.2) is 37.3 Å². The SMILES string of the molecule is Cc1n[nH]c(C)c1[BH-](c1c(C)n[nH]c1C)c1c(C)n[nH]c1C.[K+]. The molecular formula is C15H22BKN6. The maximum atomic E-state index is 4.41. The molecule has 0 saturated carbocycles. The molecule has 0 aliphatic heterocycles. The summed E-state index contributed by atoms with van der Waals surface area (Å²) < 4.78 is 0. The number of rotatable bonds is 3. The Morgan fingerprint density at radius 3 is 1.00 bits per heavy atom. The van der Waals surface area contributed by atoms with Gasteiger partial charge in [0.15, 0.2) is 0 Å². The molecule has 0 atom stereocenters. The molecule has 0 bridgehead atoms. The minimum atomic E-state index is -0.976. The third-order valence-electron chi connectivity index (χ3n) is 4.90. The van der Waals surface area contributed by atoms with Crippen LogP contribution in [0.5, 0.6) is 0 Å². The Bertz CT molecular complexity index is 663. The fourth-order valence-corrected chi connectivity index (χ4v) is 3.82. The van der Waals surface area contributed by atoms with Gasteiger partial charge in [-0.15, -0.1) is 0 Å². The van der Waals surface area contributed by atoms with E-state index in [4.69, 9.17) is 0 Å². The first-order chi connectivity index (χ1) is 10.4. The maximum Gasteiger partial charge on any atom is 1.00 e. The average molecular weight is 336 g/mol. The van der Waals surface area contributed by atoms with Crippen LogP contribution in [0.1, 0.15) is 34.2 Å². The molecule has 0 aliphatic carbocycles. The molecule has 3 heterocycles. The quantitative estimate of drug-likeness (QED) is 0.445. The van der Waals surface area contributed by atoms with E-state index in [2.05, 4.69) is 72.1 Å².